The number of hydrogen-bond donors (Lipinski definition) is 2. The van der Waals surface area contributed by atoms with Crippen LogP contribution in [0.2, 0.25) is 5.02 Å². The van der Waals surface area contributed by atoms with E-state index in [-0.39, 0.29) is 26.9 Å². The molecule has 0 saturated carbocycles. The summed E-state index contributed by atoms with van der Waals surface area (Å²) in [5, 5.41) is 2.89. The van der Waals surface area contributed by atoms with E-state index in [0.717, 1.165) is 6.07 Å². The normalized spacial score (nSPS) is 14.1. The van der Waals surface area contributed by atoms with Crippen LogP contribution in [-0.2, 0) is 14.8 Å². The number of rotatable bonds is 6. The zero-order valence-corrected chi connectivity index (χ0v) is 19.0. The molecule has 0 spiro atoms. The highest BCUT2D eigenvalue weighted by atomic mass is 35.5. The Kier molecular flexibility index (Phi) is 6.83. The van der Waals surface area contributed by atoms with Crippen molar-refractivity contribution >= 4 is 44.6 Å². The minimum atomic E-state index is -4.07. The zero-order chi connectivity index (χ0) is 23.4. The highest BCUT2D eigenvalue weighted by molar-refractivity contribution is 7.93. The predicted octanol–water partition coefficient (Wildman–Crippen LogP) is 4.37. The molecule has 0 atom stereocenters. The molecule has 0 aliphatic carbocycles. The van der Waals surface area contributed by atoms with E-state index in [1.807, 2.05) is 4.90 Å². The summed E-state index contributed by atoms with van der Waals surface area (Å²) in [5.74, 6) is -1.10. The van der Waals surface area contributed by atoms with E-state index < -0.39 is 21.7 Å². The maximum Gasteiger partial charge on any atom is 0.264 e. The van der Waals surface area contributed by atoms with Gasteiger partial charge in [-0.3, -0.25) is 9.52 Å². The summed E-state index contributed by atoms with van der Waals surface area (Å²) >= 11 is 6.15. The Balaban J connectivity index is 1.70. The highest BCUT2D eigenvalue weighted by Crippen LogP contribution is 2.32. The lowest BCUT2D eigenvalue weighted by molar-refractivity contribution is 0.102. The number of nitrogens with one attached hydrogen (secondary N) is 2. The third-order valence-electron chi connectivity index (χ3n) is 5.06. The quantitative estimate of drug-likeness (QED) is 0.537. The molecule has 0 radical (unpaired) electrons. The molecule has 1 aliphatic heterocycles. The lowest BCUT2D eigenvalue weighted by Crippen LogP contribution is -2.37. The summed E-state index contributed by atoms with van der Waals surface area (Å²) < 4.78 is 48.2. The van der Waals surface area contributed by atoms with Crippen molar-refractivity contribution in [2.75, 3.05) is 41.2 Å². The van der Waals surface area contributed by atoms with Crippen LogP contribution in [0.5, 0.6) is 0 Å². The van der Waals surface area contributed by atoms with Gasteiger partial charge >= 0.3 is 0 Å². The van der Waals surface area contributed by atoms with Gasteiger partial charge in [-0.25, -0.2) is 12.8 Å². The number of hydrogen-bond acceptors (Lipinski definition) is 5. The Morgan fingerprint density at radius 1 is 1.00 bits per heavy atom. The van der Waals surface area contributed by atoms with Crippen molar-refractivity contribution in [1.29, 1.82) is 0 Å². The maximum absolute atomic E-state index is 13.5. The molecule has 1 aliphatic rings. The van der Waals surface area contributed by atoms with Crippen LogP contribution in [0.3, 0.4) is 0 Å². The van der Waals surface area contributed by atoms with Crippen LogP contribution in [0, 0.1) is 5.82 Å². The fourth-order valence-electron chi connectivity index (χ4n) is 3.45. The van der Waals surface area contributed by atoms with Crippen LogP contribution in [0.25, 0.3) is 0 Å². The number of sulfonamides is 1. The number of benzene rings is 3. The van der Waals surface area contributed by atoms with Gasteiger partial charge < -0.3 is 15.0 Å². The van der Waals surface area contributed by atoms with Crippen LogP contribution in [-0.4, -0.2) is 40.6 Å². The molecule has 4 rings (SSSR count). The molecule has 3 aromatic rings. The summed E-state index contributed by atoms with van der Waals surface area (Å²) in [6, 6.07) is 16.4. The molecule has 1 fully saturated rings. The van der Waals surface area contributed by atoms with Gasteiger partial charge in [-0.15, -0.1) is 0 Å². The predicted molar refractivity (Wildman–Crippen MR) is 126 cm³/mol. The average Bonchev–Trinajstić information content (AvgIpc) is 2.81. The third kappa shape index (κ3) is 5.44. The Morgan fingerprint density at radius 2 is 1.76 bits per heavy atom. The summed E-state index contributed by atoms with van der Waals surface area (Å²) in [4.78, 5) is 14.4. The Labute approximate surface area is 196 Å². The third-order valence-corrected chi connectivity index (χ3v) is 6.79. The largest absolute Gasteiger partial charge is 0.378 e. The molecule has 1 heterocycles. The minimum absolute atomic E-state index is 0.0265. The molecule has 0 bridgehead atoms. The minimum Gasteiger partial charge on any atom is -0.378 e. The van der Waals surface area contributed by atoms with E-state index in [0.29, 0.717) is 32.0 Å². The number of para-hydroxylation sites is 1. The van der Waals surface area contributed by atoms with Gasteiger partial charge in [0.25, 0.3) is 15.9 Å². The second-order valence-electron chi connectivity index (χ2n) is 7.33. The van der Waals surface area contributed by atoms with E-state index >= 15 is 0 Å². The number of halogens is 2. The maximum atomic E-state index is 13.5. The summed E-state index contributed by atoms with van der Waals surface area (Å²) in [6.07, 6.45) is 0. The van der Waals surface area contributed by atoms with Gasteiger partial charge in [-0.05, 0) is 48.5 Å². The van der Waals surface area contributed by atoms with Gasteiger partial charge in [0, 0.05) is 24.3 Å². The van der Waals surface area contributed by atoms with Crippen LogP contribution < -0.4 is 14.9 Å². The molecule has 7 nitrogen and oxygen atoms in total. The van der Waals surface area contributed by atoms with Crippen molar-refractivity contribution in [3.8, 4) is 0 Å². The second kappa shape index (κ2) is 9.78. The number of carbonyl (C=O) groups excluding carboxylic acids is 1. The Bertz CT molecular complexity index is 1280. The van der Waals surface area contributed by atoms with Crippen LogP contribution >= 0.6 is 11.6 Å². The first-order valence-corrected chi connectivity index (χ1v) is 12.0. The Hall–Kier alpha value is -3.14. The van der Waals surface area contributed by atoms with Crippen LogP contribution in [0.15, 0.2) is 71.6 Å². The smallest absolute Gasteiger partial charge is 0.264 e. The molecule has 10 heteroatoms. The molecule has 172 valence electrons. The van der Waals surface area contributed by atoms with Gasteiger partial charge in [0.05, 0.1) is 29.6 Å². The van der Waals surface area contributed by atoms with Crippen molar-refractivity contribution in [2.24, 2.45) is 0 Å². The lowest BCUT2D eigenvalue weighted by atomic mass is 10.2. The molecule has 1 amide bonds. The van der Waals surface area contributed by atoms with Crippen molar-refractivity contribution in [2.45, 2.75) is 4.90 Å². The van der Waals surface area contributed by atoms with Gasteiger partial charge in [0.1, 0.15) is 10.7 Å². The number of carbonyl (C=O) groups is 1. The summed E-state index contributed by atoms with van der Waals surface area (Å²) in [7, 11) is -4.07. The van der Waals surface area contributed by atoms with E-state index in [1.165, 1.54) is 24.3 Å². The van der Waals surface area contributed by atoms with Gasteiger partial charge in [-0.2, -0.15) is 0 Å². The standard InChI is InChI=1S/C23H21ClFN3O4S/c24-19-6-1-2-7-20(19)27-33(30,31)22-15-18(8-9-21(22)28-10-12-32-13-11-28)26-23(29)16-4-3-5-17(25)14-16/h1-9,14-15,27H,10-13H2,(H,26,29). The number of anilines is 3. The van der Waals surface area contributed by atoms with Crippen molar-refractivity contribution in [3.63, 3.8) is 0 Å². The number of morpholine rings is 1. The molecule has 3 aromatic carbocycles. The van der Waals surface area contributed by atoms with Gasteiger partial charge in [0.2, 0.25) is 0 Å². The SMILES string of the molecule is O=C(Nc1ccc(N2CCOCC2)c(S(=O)(=O)Nc2ccccc2Cl)c1)c1cccc(F)c1. The first-order chi connectivity index (χ1) is 15.8. The molecule has 1 saturated heterocycles. The highest BCUT2D eigenvalue weighted by Gasteiger charge is 2.25. The molecular weight excluding hydrogens is 469 g/mol. The van der Waals surface area contributed by atoms with E-state index in [1.54, 1.807) is 36.4 Å². The first-order valence-electron chi connectivity index (χ1n) is 10.1. The van der Waals surface area contributed by atoms with E-state index in [4.69, 9.17) is 16.3 Å². The lowest BCUT2D eigenvalue weighted by Gasteiger charge is -2.30. The number of ether oxygens (including phenoxy) is 1. The molecule has 0 unspecified atom stereocenters. The van der Waals surface area contributed by atoms with Crippen molar-refractivity contribution in [1.82, 2.24) is 0 Å². The van der Waals surface area contributed by atoms with Crippen molar-refractivity contribution in [3.05, 3.63) is 83.1 Å². The summed E-state index contributed by atoms with van der Waals surface area (Å²) in [6.45, 7) is 1.97. The van der Waals surface area contributed by atoms with Gasteiger partial charge in [-0.1, -0.05) is 29.8 Å². The number of nitrogens with zero attached hydrogens (tertiary/aromatic N) is 1. The monoisotopic (exact) mass is 489 g/mol. The second-order valence-corrected chi connectivity index (χ2v) is 9.39. The topological polar surface area (TPSA) is 87.7 Å². The molecule has 2 N–H and O–H groups in total. The molecular formula is C23H21ClFN3O4S. The van der Waals surface area contributed by atoms with Crippen molar-refractivity contribution < 1.29 is 22.3 Å². The first kappa shape index (κ1) is 23.0. The number of amides is 1. The Morgan fingerprint density at radius 3 is 2.48 bits per heavy atom. The summed E-state index contributed by atoms with van der Waals surface area (Å²) in [5.41, 5.74) is 1.08. The van der Waals surface area contributed by atoms with Gasteiger partial charge in [0.15, 0.2) is 0 Å². The molecule has 33 heavy (non-hydrogen) atoms. The van der Waals surface area contributed by atoms with E-state index in [2.05, 4.69) is 10.0 Å². The van der Waals surface area contributed by atoms with Crippen LogP contribution in [0.4, 0.5) is 21.5 Å². The van der Waals surface area contributed by atoms with Crippen LogP contribution in [0.1, 0.15) is 10.4 Å². The molecule has 0 aromatic heterocycles. The van der Waals surface area contributed by atoms with E-state index in [9.17, 15) is 17.6 Å². The average molecular weight is 490 g/mol. The fraction of sp³-hybridized carbons (Fsp3) is 0.174. The zero-order valence-electron chi connectivity index (χ0n) is 17.4. The fourth-order valence-corrected chi connectivity index (χ4v) is 5.02.